The fourth-order valence-electron chi connectivity index (χ4n) is 4.01. The van der Waals surface area contributed by atoms with E-state index in [4.69, 9.17) is 4.74 Å². The Morgan fingerprint density at radius 1 is 1.23 bits per heavy atom. The van der Waals surface area contributed by atoms with E-state index in [0.717, 1.165) is 31.4 Å². The molecule has 6 nitrogen and oxygen atoms in total. The lowest BCUT2D eigenvalue weighted by molar-refractivity contribution is -0.135. The quantitative estimate of drug-likeness (QED) is 0.670. The van der Waals surface area contributed by atoms with Gasteiger partial charge in [-0.15, -0.1) is 11.3 Å². The molecule has 1 saturated carbocycles. The predicted octanol–water partition coefficient (Wildman–Crippen LogP) is 4.15. The highest BCUT2D eigenvalue weighted by Crippen LogP contribution is 2.34. The number of hydrogen-bond donors (Lipinski definition) is 1. The first-order valence-corrected chi connectivity index (χ1v) is 12.0. The van der Waals surface area contributed by atoms with Crippen LogP contribution < -0.4 is 10.1 Å². The Labute approximate surface area is 188 Å². The number of rotatable bonds is 8. The number of urea groups is 1. The Bertz CT molecular complexity index is 907. The van der Waals surface area contributed by atoms with E-state index in [0.29, 0.717) is 19.7 Å². The molecule has 1 N–H and O–H groups in total. The van der Waals surface area contributed by atoms with E-state index in [2.05, 4.69) is 16.8 Å². The van der Waals surface area contributed by atoms with Crippen LogP contribution in [0.25, 0.3) is 0 Å². The second kappa shape index (κ2) is 9.73. The first-order chi connectivity index (χ1) is 15.1. The molecule has 7 heteroatoms. The van der Waals surface area contributed by atoms with E-state index in [9.17, 15) is 9.59 Å². The first-order valence-electron chi connectivity index (χ1n) is 11.2. The Kier molecular flexibility index (Phi) is 6.80. The van der Waals surface area contributed by atoms with Gasteiger partial charge in [0.05, 0.1) is 6.04 Å². The molecule has 1 aliphatic heterocycles. The minimum Gasteiger partial charge on any atom is -0.491 e. The van der Waals surface area contributed by atoms with Crippen LogP contribution in [0.2, 0.25) is 0 Å². The number of carbonyl (C=O) groups excluding carboxylic acids is 2. The number of thiophene rings is 1. The maximum atomic E-state index is 13.4. The highest BCUT2D eigenvalue weighted by molar-refractivity contribution is 7.10. The number of aryl methyl sites for hydroxylation is 1. The number of nitrogens with zero attached hydrogens (tertiary/aromatic N) is 2. The van der Waals surface area contributed by atoms with Crippen molar-refractivity contribution in [2.24, 2.45) is 0 Å². The topological polar surface area (TPSA) is 61.9 Å². The number of nitrogens with one attached hydrogen (secondary N) is 1. The fourth-order valence-corrected chi connectivity index (χ4v) is 4.94. The number of hydrogen-bond acceptors (Lipinski definition) is 4. The van der Waals surface area contributed by atoms with Crippen molar-refractivity contribution in [2.45, 2.75) is 51.6 Å². The van der Waals surface area contributed by atoms with E-state index >= 15 is 0 Å². The van der Waals surface area contributed by atoms with Gasteiger partial charge in [0.2, 0.25) is 5.91 Å². The average Bonchev–Trinajstić information content (AvgIpc) is 3.50. The Morgan fingerprint density at radius 2 is 2.00 bits per heavy atom. The summed E-state index contributed by atoms with van der Waals surface area (Å²) in [5, 5.41) is 5.02. The molecule has 0 spiro atoms. The molecule has 2 aromatic rings. The van der Waals surface area contributed by atoms with Crippen LogP contribution in [0.3, 0.4) is 0 Å². The van der Waals surface area contributed by atoms with E-state index in [-0.39, 0.29) is 30.6 Å². The van der Waals surface area contributed by atoms with Crippen molar-refractivity contribution in [3.63, 3.8) is 0 Å². The van der Waals surface area contributed by atoms with E-state index in [1.54, 1.807) is 16.2 Å². The SMILES string of the molecule is CCCNC(=O)N(CC(=O)N1CCc2sccc2C1COc1ccc(C)cc1)C1CC1. The number of ether oxygens (including phenoxy) is 1. The van der Waals surface area contributed by atoms with Crippen molar-refractivity contribution in [1.82, 2.24) is 15.1 Å². The molecular formula is C24H31N3O3S. The van der Waals surface area contributed by atoms with Crippen LogP contribution in [0.1, 0.15) is 48.2 Å². The molecule has 1 aromatic heterocycles. The number of carbonyl (C=O) groups is 2. The molecule has 166 valence electrons. The van der Waals surface area contributed by atoms with Crippen LogP contribution in [0.5, 0.6) is 5.75 Å². The minimum absolute atomic E-state index is 0.00657. The third-order valence-corrected chi connectivity index (χ3v) is 6.92. The third kappa shape index (κ3) is 5.21. The first kappa shape index (κ1) is 21.7. The van der Waals surface area contributed by atoms with Gasteiger partial charge in [-0.1, -0.05) is 24.6 Å². The van der Waals surface area contributed by atoms with Crippen LogP contribution >= 0.6 is 11.3 Å². The van der Waals surface area contributed by atoms with Gasteiger partial charge in [-0.05, 0) is 61.7 Å². The maximum absolute atomic E-state index is 13.4. The molecule has 0 bridgehead atoms. The molecule has 2 heterocycles. The summed E-state index contributed by atoms with van der Waals surface area (Å²) in [4.78, 5) is 30.9. The smallest absolute Gasteiger partial charge is 0.318 e. The summed E-state index contributed by atoms with van der Waals surface area (Å²) in [6.45, 7) is 5.89. The van der Waals surface area contributed by atoms with Crippen LogP contribution in [-0.2, 0) is 11.2 Å². The third-order valence-electron chi connectivity index (χ3n) is 5.92. The van der Waals surface area contributed by atoms with Crippen LogP contribution in [0.15, 0.2) is 35.7 Å². The molecule has 1 fully saturated rings. The molecule has 0 saturated heterocycles. The lowest BCUT2D eigenvalue weighted by Gasteiger charge is -2.37. The molecule has 3 amide bonds. The molecule has 1 unspecified atom stereocenters. The van der Waals surface area contributed by atoms with Gasteiger partial charge in [0.15, 0.2) is 0 Å². The predicted molar refractivity (Wildman–Crippen MR) is 123 cm³/mol. The molecule has 1 aliphatic carbocycles. The second-order valence-electron chi connectivity index (χ2n) is 8.37. The summed E-state index contributed by atoms with van der Waals surface area (Å²) in [6.07, 6.45) is 3.68. The van der Waals surface area contributed by atoms with Gasteiger partial charge < -0.3 is 19.9 Å². The summed E-state index contributed by atoms with van der Waals surface area (Å²) in [7, 11) is 0. The Morgan fingerprint density at radius 3 is 2.71 bits per heavy atom. The van der Waals surface area contributed by atoms with Crippen molar-refractivity contribution in [3.05, 3.63) is 51.7 Å². The molecule has 2 aliphatic rings. The molecule has 31 heavy (non-hydrogen) atoms. The van der Waals surface area contributed by atoms with Gasteiger partial charge in [0.25, 0.3) is 0 Å². The molecule has 1 aromatic carbocycles. The fraction of sp³-hybridized carbons (Fsp3) is 0.500. The standard InChI is InChI=1S/C24H31N3O3S/c1-3-12-25-24(29)27(18-6-7-18)15-23(28)26-13-10-22-20(11-14-31-22)21(26)16-30-19-8-4-17(2)5-9-19/h4-5,8-9,11,14,18,21H,3,6-7,10,12-13,15-16H2,1-2H3,(H,25,29). The van der Waals surface area contributed by atoms with Gasteiger partial charge in [-0.25, -0.2) is 4.79 Å². The van der Waals surface area contributed by atoms with Crippen molar-refractivity contribution < 1.29 is 14.3 Å². The monoisotopic (exact) mass is 441 g/mol. The summed E-state index contributed by atoms with van der Waals surface area (Å²) in [6, 6.07) is 10.0. The Hall–Kier alpha value is -2.54. The summed E-state index contributed by atoms with van der Waals surface area (Å²) in [5.41, 5.74) is 2.36. The summed E-state index contributed by atoms with van der Waals surface area (Å²) in [5.74, 6) is 0.798. The average molecular weight is 442 g/mol. The summed E-state index contributed by atoms with van der Waals surface area (Å²) < 4.78 is 6.09. The van der Waals surface area contributed by atoms with Gasteiger partial charge in [-0.3, -0.25) is 4.79 Å². The number of fused-ring (bicyclic) bond motifs is 1. The highest BCUT2D eigenvalue weighted by atomic mass is 32.1. The normalized spacial score (nSPS) is 17.7. The van der Waals surface area contributed by atoms with Crippen molar-refractivity contribution in [1.29, 1.82) is 0 Å². The zero-order valence-electron chi connectivity index (χ0n) is 18.3. The lowest BCUT2D eigenvalue weighted by Crippen LogP contribution is -2.50. The van der Waals surface area contributed by atoms with Crippen LogP contribution in [0.4, 0.5) is 4.79 Å². The second-order valence-corrected chi connectivity index (χ2v) is 9.37. The number of benzene rings is 1. The molecule has 0 radical (unpaired) electrons. The van der Waals surface area contributed by atoms with Crippen molar-refractivity contribution in [3.8, 4) is 5.75 Å². The minimum atomic E-state index is -0.136. The van der Waals surface area contributed by atoms with Crippen molar-refractivity contribution >= 4 is 23.3 Å². The molecule has 1 atom stereocenters. The largest absolute Gasteiger partial charge is 0.491 e. The van der Waals surface area contributed by atoms with Gasteiger partial charge in [-0.2, -0.15) is 0 Å². The van der Waals surface area contributed by atoms with E-state index in [1.807, 2.05) is 43.0 Å². The van der Waals surface area contributed by atoms with E-state index in [1.165, 1.54) is 16.0 Å². The lowest BCUT2D eigenvalue weighted by atomic mass is 10.0. The molecule has 4 rings (SSSR count). The number of amides is 3. The van der Waals surface area contributed by atoms with Gasteiger partial charge >= 0.3 is 6.03 Å². The summed E-state index contributed by atoms with van der Waals surface area (Å²) >= 11 is 1.74. The van der Waals surface area contributed by atoms with Crippen LogP contribution in [-0.4, -0.2) is 54.0 Å². The molecular weight excluding hydrogens is 410 g/mol. The highest BCUT2D eigenvalue weighted by Gasteiger charge is 2.37. The van der Waals surface area contributed by atoms with Gasteiger partial charge in [0.1, 0.15) is 18.9 Å². The van der Waals surface area contributed by atoms with E-state index < -0.39 is 0 Å². The van der Waals surface area contributed by atoms with Crippen LogP contribution in [0, 0.1) is 6.92 Å². The Balaban J connectivity index is 1.47. The zero-order valence-corrected chi connectivity index (χ0v) is 19.1. The maximum Gasteiger partial charge on any atom is 0.318 e. The zero-order chi connectivity index (χ0) is 21.8. The van der Waals surface area contributed by atoms with Crippen molar-refractivity contribution in [2.75, 3.05) is 26.2 Å². The van der Waals surface area contributed by atoms with Gasteiger partial charge in [0, 0.05) is 24.0 Å².